The molecule has 2 aliphatic rings. The molecule has 1 aromatic rings. The molecule has 0 aromatic heterocycles. The van der Waals surface area contributed by atoms with Crippen LogP contribution in [0.1, 0.15) is 31.2 Å². The summed E-state index contributed by atoms with van der Waals surface area (Å²) in [7, 11) is 1.92. The number of rotatable bonds is 7. The van der Waals surface area contributed by atoms with Crippen molar-refractivity contribution in [2.75, 3.05) is 18.5 Å². The average Bonchev–Trinajstić information content (AvgIpc) is 3.32. The number of carbonyl (C=O) groups is 1. The maximum atomic E-state index is 11.8. The summed E-state index contributed by atoms with van der Waals surface area (Å²) >= 11 is 6.34. The van der Waals surface area contributed by atoms with Crippen molar-refractivity contribution in [1.82, 2.24) is 10.6 Å². The van der Waals surface area contributed by atoms with Crippen LogP contribution in [0.4, 0.5) is 5.69 Å². The highest BCUT2D eigenvalue weighted by Gasteiger charge is 2.23. The van der Waals surface area contributed by atoms with Crippen LogP contribution < -0.4 is 15.5 Å². The second-order valence-corrected chi connectivity index (χ2v) is 6.54. The molecular weight excluding hydrogens is 286 g/mol. The van der Waals surface area contributed by atoms with Crippen molar-refractivity contribution in [3.63, 3.8) is 0 Å². The van der Waals surface area contributed by atoms with Crippen LogP contribution in [0, 0.1) is 0 Å². The van der Waals surface area contributed by atoms with Gasteiger partial charge in [-0.15, -0.1) is 0 Å². The fourth-order valence-electron chi connectivity index (χ4n) is 2.27. The summed E-state index contributed by atoms with van der Waals surface area (Å²) in [4.78, 5) is 13.7. The number of carbonyl (C=O) groups excluding carboxylic acids is 1. The number of hydrogen-bond donors (Lipinski definition) is 2. The second kappa shape index (κ2) is 6.24. The molecule has 2 fully saturated rings. The van der Waals surface area contributed by atoms with Crippen LogP contribution in [0.2, 0.25) is 5.02 Å². The molecule has 0 atom stereocenters. The van der Waals surface area contributed by atoms with Gasteiger partial charge in [0.15, 0.2) is 0 Å². The molecule has 21 heavy (non-hydrogen) atoms. The van der Waals surface area contributed by atoms with Gasteiger partial charge in [0, 0.05) is 36.4 Å². The summed E-state index contributed by atoms with van der Waals surface area (Å²) in [6.07, 6.45) is 4.77. The van der Waals surface area contributed by atoms with Gasteiger partial charge in [-0.3, -0.25) is 4.79 Å². The third kappa shape index (κ3) is 4.35. The highest BCUT2D eigenvalue weighted by Crippen LogP contribution is 2.25. The molecule has 2 saturated carbocycles. The molecule has 4 nitrogen and oxygen atoms in total. The van der Waals surface area contributed by atoms with Crippen molar-refractivity contribution >= 4 is 23.2 Å². The Kier molecular flexibility index (Phi) is 4.36. The molecule has 0 unspecified atom stereocenters. The van der Waals surface area contributed by atoms with E-state index in [0.29, 0.717) is 18.6 Å². The SMILES string of the molecule is CN(CC(=O)NC1CC1)c1ccc(CNC2CC2)c(Cl)c1. The summed E-state index contributed by atoms with van der Waals surface area (Å²) in [6, 6.07) is 7.10. The lowest BCUT2D eigenvalue weighted by atomic mass is 10.2. The van der Waals surface area contributed by atoms with E-state index in [1.54, 1.807) is 0 Å². The van der Waals surface area contributed by atoms with Gasteiger partial charge in [0.2, 0.25) is 5.91 Å². The molecule has 2 aliphatic carbocycles. The first kappa shape index (κ1) is 14.7. The Balaban J connectivity index is 1.55. The number of halogens is 1. The Morgan fingerprint density at radius 2 is 2.00 bits per heavy atom. The Morgan fingerprint density at radius 1 is 1.29 bits per heavy atom. The molecule has 114 valence electrons. The maximum Gasteiger partial charge on any atom is 0.239 e. The standard InChI is InChI=1S/C16H22ClN3O/c1-20(10-16(21)19-13-5-6-13)14-7-2-11(15(17)8-14)9-18-12-3-4-12/h2,7-8,12-13,18H,3-6,9-10H2,1H3,(H,19,21). The molecule has 0 bridgehead atoms. The first-order chi connectivity index (χ1) is 10.1. The minimum absolute atomic E-state index is 0.0793. The zero-order valence-corrected chi connectivity index (χ0v) is 13.1. The molecule has 1 aromatic carbocycles. The van der Waals surface area contributed by atoms with E-state index >= 15 is 0 Å². The van der Waals surface area contributed by atoms with Gasteiger partial charge in [-0.05, 0) is 43.4 Å². The van der Waals surface area contributed by atoms with E-state index in [1.807, 2.05) is 30.1 Å². The predicted octanol–water partition coefficient (Wildman–Crippen LogP) is 2.31. The molecule has 1 amide bonds. The van der Waals surface area contributed by atoms with Gasteiger partial charge in [0.25, 0.3) is 0 Å². The van der Waals surface area contributed by atoms with E-state index in [9.17, 15) is 4.79 Å². The van der Waals surface area contributed by atoms with Crippen LogP contribution in [0.25, 0.3) is 0 Å². The lowest BCUT2D eigenvalue weighted by Gasteiger charge is -2.20. The second-order valence-electron chi connectivity index (χ2n) is 6.13. The van der Waals surface area contributed by atoms with Crippen molar-refractivity contribution in [2.24, 2.45) is 0 Å². The topological polar surface area (TPSA) is 44.4 Å². The number of amides is 1. The first-order valence-corrected chi connectivity index (χ1v) is 8.02. The molecule has 0 aliphatic heterocycles. The highest BCUT2D eigenvalue weighted by atomic mass is 35.5. The number of benzene rings is 1. The lowest BCUT2D eigenvalue weighted by Crippen LogP contribution is -2.36. The zero-order valence-electron chi connectivity index (χ0n) is 12.4. The van der Waals surface area contributed by atoms with Gasteiger partial charge >= 0.3 is 0 Å². The summed E-state index contributed by atoms with van der Waals surface area (Å²) in [6.45, 7) is 1.18. The lowest BCUT2D eigenvalue weighted by molar-refractivity contribution is -0.119. The Labute approximate surface area is 130 Å². The summed E-state index contributed by atoms with van der Waals surface area (Å²) in [5.41, 5.74) is 2.09. The van der Waals surface area contributed by atoms with Gasteiger partial charge in [-0.2, -0.15) is 0 Å². The minimum atomic E-state index is 0.0793. The van der Waals surface area contributed by atoms with Gasteiger partial charge in [-0.25, -0.2) is 0 Å². The number of nitrogens with one attached hydrogen (secondary N) is 2. The Hall–Kier alpha value is -1.26. The van der Waals surface area contributed by atoms with Crippen molar-refractivity contribution in [1.29, 1.82) is 0 Å². The van der Waals surface area contributed by atoms with Crippen LogP contribution in [-0.4, -0.2) is 31.6 Å². The molecule has 3 rings (SSSR count). The van der Waals surface area contributed by atoms with Crippen LogP contribution in [0.5, 0.6) is 0 Å². The van der Waals surface area contributed by atoms with Crippen molar-refractivity contribution < 1.29 is 4.79 Å². The van der Waals surface area contributed by atoms with E-state index in [-0.39, 0.29) is 5.91 Å². The van der Waals surface area contributed by atoms with Crippen LogP contribution in [0.15, 0.2) is 18.2 Å². The Morgan fingerprint density at radius 3 is 2.62 bits per heavy atom. The zero-order chi connectivity index (χ0) is 14.8. The maximum absolute atomic E-state index is 11.8. The van der Waals surface area contributed by atoms with E-state index in [2.05, 4.69) is 10.6 Å². The first-order valence-electron chi connectivity index (χ1n) is 7.64. The highest BCUT2D eigenvalue weighted by molar-refractivity contribution is 6.31. The van der Waals surface area contributed by atoms with Gasteiger partial charge in [0.1, 0.15) is 0 Å². The largest absolute Gasteiger partial charge is 0.365 e. The van der Waals surface area contributed by atoms with E-state index in [0.717, 1.165) is 35.7 Å². The van der Waals surface area contributed by atoms with Gasteiger partial charge < -0.3 is 15.5 Å². The number of nitrogens with zero attached hydrogens (tertiary/aromatic N) is 1. The molecule has 0 saturated heterocycles. The Bertz CT molecular complexity index is 526. The third-order valence-electron chi connectivity index (χ3n) is 3.96. The smallest absolute Gasteiger partial charge is 0.239 e. The van der Waals surface area contributed by atoms with Crippen molar-refractivity contribution in [3.05, 3.63) is 28.8 Å². The normalized spacial score (nSPS) is 17.6. The summed E-state index contributed by atoms with van der Waals surface area (Å²) in [5.74, 6) is 0.0793. The summed E-state index contributed by atoms with van der Waals surface area (Å²) < 4.78 is 0. The summed E-state index contributed by atoms with van der Waals surface area (Å²) in [5, 5.41) is 7.22. The monoisotopic (exact) mass is 307 g/mol. The van der Waals surface area contributed by atoms with E-state index in [4.69, 9.17) is 11.6 Å². The minimum Gasteiger partial charge on any atom is -0.365 e. The molecule has 5 heteroatoms. The third-order valence-corrected chi connectivity index (χ3v) is 4.31. The fraction of sp³-hybridized carbons (Fsp3) is 0.562. The van der Waals surface area contributed by atoms with Crippen LogP contribution >= 0.6 is 11.6 Å². The predicted molar refractivity (Wildman–Crippen MR) is 85.7 cm³/mol. The van der Waals surface area contributed by atoms with Gasteiger partial charge in [0.05, 0.1) is 6.54 Å². The number of hydrogen-bond acceptors (Lipinski definition) is 3. The van der Waals surface area contributed by atoms with Crippen LogP contribution in [-0.2, 0) is 11.3 Å². The van der Waals surface area contributed by atoms with Crippen molar-refractivity contribution in [3.8, 4) is 0 Å². The van der Waals surface area contributed by atoms with Crippen molar-refractivity contribution in [2.45, 2.75) is 44.3 Å². The molecular formula is C16H22ClN3O. The van der Waals surface area contributed by atoms with Crippen LogP contribution in [0.3, 0.4) is 0 Å². The molecule has 0 heterocycles. The number of likely N-dealkylation sites (N-methyl/N-ethyl adjacent to an activating group) is 1. The molecule has 0 spiro atoms. The van der Waals surface area contributed by atoms with E-state index < -0.39 is 0 Å². The fourth-order valence-corrected chi connectivity index (χ4v) is 2.51. The number of anilines is 1. The quantitative estimate of drug-likeness (QED) is 0.812. The molecule has 0 radical (unpaired) electrons. The molecule has 2 N–H and O–H groups in total. The van der Waals surface area contributed by atoms with E-state index in [1.165, 1.54) is 12.8 Å². The average molecular weight is 308 g/mol. The van der Waals surface area contributed by atoms with Gasteiger partial charge in [-0.1, -0.05) is 17.7 Å².